The third kappa shape index (κ3) is 3.43. The topological polar surface area (TPSA) is 37.0 Å². The van der Waals surface area contributed by atoms with Crippen LogP contribution in [0.25, 0.3) is 0 Å². The van der Waals surface area contributed by atoms with Crippen molar-refractivity contribution in [2.75, 3.05) is 5.32 Å². The predicted octanol–water partition coefficient (Wildman–Crippen LogP) is 2.77. The van der Waals surface area contributed by atoms with Crippen molar-refractivity contribution in [2.24, 2.45) is 0 Å². The lowest BCUT2D eigenvalue weighted by Gasteiger charge is -2.17. The number of rotatable bonds is 5. The number of hydrogen-bond donors (Lipinski definition) is 2. The van der Waals surface area contributed by atoms with Crippen molar-refractivity contribution < 1.29 is 0 Å². The molecule has 2 N–H and O–H groups in total. The first-order valence-electron chi connectivity index (χ1n) is 6.53. The summed E-state index contributed by atoms with van der Waals surface area (Å²) < 4.78 is 0. The Bertz CT molecular complexity index is 395. The first-order chi connectivity index (χ1) is 8.06. The largest absolute Gasteiger partial charge is 0.368 e. The summed E-state index contributed by atoms with van der Waals surface area (Å²) >= 11 is 0. The molecule has 1 saturated carbocycles. The fourth-order valence-electron chi connectivity index (χ4n) is 2.01. The molecule has 1 aromatic rings. The van der Waals surface area contributed by atoms with Crippen LogP contribution < -0.4 is 10.6 Å². The molecule has 0 amide bonds. The average molecular weight is 233 g/mol. The lowest BCUT2D eigenvalue weighted by atomic mass is 10.1. The van der Waals surface area contributed by atoms with Crippen LogP contribution in [0.15, 0.2) is 6.07 Å². The summed E-state index contributed by atoms with van der Waals surface area (Å²) in [6, 6.07) is 3.32. The molecule has 0 atom stereocenters. The number of aryl methyl sites for hydroxylation is 2. The standard InChI is InChI=1S/C14H23N3/c1-9(2)16-14-13(8-15-12-5-6-12)10(3)7-11(4)17-14/h7,9,12,15H,5-6,8H2,1-4H3,(H,16,17). The van der Waals surface area contributed by atoms with Crippen LogP contribution in [-0.4, -0.2) is 17.1 Å². The van der Waals surface area contributed by atoms with Gasteiger partial charge >= 0.3 is 0 Å². The molecule has 1 heterocycles. The SMILES string of the molecule is Cc1cc(C)c(CNC2CC2)c(NC(C)C)n1. The highest BCUT2D eigenvalue weighted by Crippen LogP contribution is 2.23. The van der Waals surface area contributed by atoms with Gasteiger partial charge in [-0.1, -0.05) is 0 Å². The van der Waals surface area contributed by atoms with Crippen LogP contribution >= 0.6 is 0 Å². The van der Waals surface area contributed by atoms with Gasteiger partial charge in [-0.15, -0.1) is 0 Å². The summed E-state index contributed by atoms with van der Waals surface area (Å²) in [7, 11) is 0. The van der Waals surface area contributed by atoms with Gasteiger partial charge in [0.25, 0.3) is 0 Å². The highest BCUT2D eigenvalue weighted by atomic mass is 15.0. The number of hydrogen-bond acceptors (Lipinski definition) is 3. The highest BCUT2D eigenvalue weighted by molar-refractivity contribution is 5.49. The van der Waals surface area contributed by atoms with E-state index in [9.17, 15) is 0 Å². The summed E-state index contributed by atoms with van der Waals surface area (Å²) in [5.74, 6) is 1.05. The van der Waals surface area contributed by atoms with Crippen LogP contribution in [0.3, 0.4) is 0 Å². The summed E-state index contributed by atoms with van der Waals surface area (Å²) in [6.07, 6.45) is 2.65. The van der Waals surface area contributed by atoms with E-state index in [1.165, 1.54) is 24.0 Å². The van der Waals surface area contributed by atoms with Crippen LogP contribution in [-0.2, 0) is 6.54 Å². The van der Waals surface area contributed by atoms with Crippen molar-refractivity contribution in [3.63, 3.8) is 0 Å². The third-order valence-electron chi connectivity index (χ3n) is 3.05. The Morgan fingerprint density at radius 2 is 2.06 bits per heavy atom. The second-order valence-corrected chi connectivity index (χ2v) is 5.36. The smallest absolute Gasteiger partial charge is 0.131 e. The molecular formula is C14H23N3. The molecule has 3 heteroatoms. The molecule has 1 aliphatic rings. The van der Waals surface area contributed by atoms with Crippen molar-refractivity contribution in [1.82, 2.24) is 10.3 Å². The Morgan fingerprint density at radius 3 is 2.65 bits per heavy atom. The first kappa shape index (κ1) is 12.4. The molecule has 0 bridgehead atoms. The zero-order chi connectivity index (χ0) is 12.4. The van der Waals surface area contributed by atoms with E-state index in [1.54, 1.807) is 0 Å². The number of nitrogens with zero attached hydrogens (tertiary/aromatic N) is 1. The van der Waals surface area contributed by atoms with Crippen molar-refractivity contribution >= 4 is 5.82 Å². The van der Waals surface area contributed by atoms with E-state index in [0.29, 0.717) is 6.04 Å². The van der Waals surface area contributed by atoms with Crippen molar-refractivity contribution in [3.05, 3.63) is 22.9 Å². The van der Waals surface area contributed by atoms with Gasteiger partial charge in [-0.25, -0.2) is 4.98 Å². The lowest BCUT2D eigenvalue weighted by Crippen LogP contribution is -2.20. The Hall–Kier alpha value is -1.09. The van der Waals surface area contributed by atoms with Gasteiger partial charge in [-0.05, 0) is 52.2 Å². The van der Waals surface area contributed by atoms with E-state index in [2.05, 4.69) is 49.4 Å². The minimum atomic E-state index is 0.420. The predicted molar refractivity (Wildman–Crippen MR) is 72.3 cm³/mol. The first-order valence-corrected chi connectivity index (χ1v) is 6.53. The molecule has 0 radical (unpaired) electrons. The average Bonchev–Trinajstić information content (AvgIpc) is 2.98. The molecule has 2 rings (SSSR count). The minimum Gasteiger partial charge on any atom is -0.368 e. The fourth-order valence-corrected chi connectivity index (χ4v) is 2.01. The van der Waals surface area contributed by atoms with E-state index in [4.69, 9.17) is 0 Å². The van der Waals surface area contributed by atoms with Gasteiger partial charge in [0.2, 0.25) is 0 Å². The molecule has 1 aromatic heterocycles. The van der Waals surface area contributed by atoms with Crippen LogP contribution in [0, 0.1) is 13.8 Å². The number of pyridine rings is 1. The van der Waals surface area contributed by atoms with Crippen molar-refractivity contribution in [2.45, 2.75) is 59.2 Å². The summed E-state index contributed by atoms with van der Waals surface area (Å²) in [6.45, 7) is 9.45. The monoisotopic (exact) mass is 233 g/mol. The molecule has 1 fully saturated rings. The number of aromatic nitrogens is 1. The molecule has 0 aromatic carbocycles. The van der Waals surface area contributed by atoms with E-state index >= 15 is 0 Å². The minimum absolute atomic E-state index is 0.420. The van der Waals surface area contributed by atoms with Gasteiger partial charge in [-0.3, -0.25) is 0 Å². The van der Waals surface area contributed by atoms with Crippen LogP contribution in [0.1, 0.15) is 43.5 Å². The molecule has 0 saturated heterocycles. The van der Waals surface area contributed by atoms with Crippen molar-refractivity contribution in [3.8, 4) is 0 Å². The lowest BCUT2D eigenvalue weighted by molar-refractivity contribution is 0.682. The fraction of sp³-hybridized carbons (Fsp3) is 0.643. The molecular weight excluding hydrogens is 210 g/mol. The number of anilines is 1. The normalized spacial score (nSPS) is 15.4. The van der Waals surface area contributed by atoms with Gasteiger partial charge in [0.05, 0.1) is 0 Å². The zero-order valence-electron chi connectivity index (χ0n) is 11.3. The van der Waals surface area contributed by atoms with E-state index < -0.39 is 0 Å². The van der Waals surface area contributed by atoms with Gasteiger partial charge in [0, 0.05) is 29.9 Å². The highest BCUT2D eigenvalue weighted by Gasteiger charge is 2.21. The third-order valence-corrected chi connectivity index (χ3v) is 3.05. The maximum Gasteiger partial charge on any atom is 0.131 e. The Kier molecular flexibility index (Phi) is 3.67. The maximum absolute atomic E-state index is 4.62. The second kappa shape index (κ2) is 5.05. The second-order valence-electron chi connectivity index (χ2n) is 5.36. The molecule has 3 nitrogen and oxygen atoms in total. The van der Waals surface area contributed by atoms with Crippen LogP contribution in [0.4, 0.5) is 5.82 Å². The summed E-state index contributed by atoms with van der Waals surface area (Å²) in [5.41, 5.74) is 3.73. The summed E-state index contributed by atoms with van der Waals surface area (Å²) in [5, 5.41) is 7.01. The molecule has 0 spiro atoms. The molecule has 1 aliphatic carbocycles. The van der Waals surface area contributed by atoms with Crippen LogP contribution in [0.5, 0.6) is 0 Å². The van der Waals surface area contributed by atoms with E-state index in [0.717, 1.165) is 24.1 Å². The van der Waals surface area contributed by atoms with E-state index in [1.807, 2.05) is 0 Å². The maximum atomic E-state index is 4.62. The van der Waals surface area contributed by atoms with E-state index in [-0.39, 0.29) is 0 Å². The van der Waals surface area contributed by atoms with Crippen LogP contribution in [0.2, 0.25) is 0 Å². The zero-order valence-corrected chi connectivity index (χ0v) is 11.3. The Balaban J connectivity index is 2.18. The van der Waals surface area contributed by atoms with Gasteiger partial charge in [0.15, 0.2) is 0 Å². The molecule has 0 aliphatic heterocycles. The van der Waals surface area contributed by atoms with Gasteiger partial charge in [0.1, 0.15) is 5.82 Å². The Labute approximate surface area is 104 Å². The van der Waals surface area contributed by atoms with Crippen molar-refractivity contribution in [1.29, 1.82) is 0 Å². The molecule has 94 valence electrons. The van der Waals surface area contributed by atoms with Gasteiger partial charge < -0.3 is 10.6 Å². The van der Waals surface area contributed by atoms with Gasteiger partial charge in [-0.2, -0.15) is 0 Å². The Morgan fingerprint density at radius 1 is 1.35 bits per heavy atom. The number of nitrogens with one attached hydrogen (secondary N) is 2. The molecule has 17 heavy (non-hydrogen) atoms. The molecule has 0 unspecified atom stereocenters. The quantitative estimate of drug-likeness (QED) is 0.821. The summed E-state index contributed by atoms with van der Waals surface area (Å²) in [4.78, 5) is 4.62.